The molecule has 1 aliphatic carbocycles. The molecule has 1 saturated carbocycles. The number of carbonyl (C=O) groups is 2. The summed E-state index contributed by atoms with van der Waals surface area (Å²) in [6.07, 6.45) is 3.93. The van der Waals surface area contributed by atoms with Crippen LogP contribution >= 0.6 is 11.6 Å². The number of nitrogens with zero attached hydrogens (tertiary/aromatic N) is 1. The molecule has 9 heteroatoms. The maximum absolute atomic E-state index is 13.5. The van der Waals surface area contributed by atoms with Gasteiger partial charge in [-0.1, -0.05) is 23.7 Å². The molecule has 0 radical (unpaired) electrons. The van der Waals surface area contributed by atoms with Gasteiger partial charge in [0.2, 0.25) is 5.91 Å². The lowest BCUT2D eigenvalue weighted by atomic mass is 9.72. The van der Waals surface area contributed by atoms with Crippen molar-refractivity contribution in [1.82, 2.24) is 15.5 Å². The Balaban J connectivity index is 1.65. The Morgan fingerprint density at radius 3 is 2.70 bits per heavy atom. The zero-order valence-electron chi connectivity index (χ0n) is 21.6. The normalized spacial score (nSPS) is 23.6. The van der Waals surface area contributed by atoms with Crippen LogP contribution < -0.4 is 10.6 Å². The molecule has 8 nitrogen and oxygen atoms in total. The highest BCUT2D eigenvalue weighted by Crippen LogP contribution is 2.46. The SMILES string of the molecule is CNC1CCC(C(=O)N2CCCC(C(O)(CCCNC(=O)O)c3cccc(Cl)c3-c3ccc(C)o3)C2)C1. The number of hydrogen-bond acceptors (Lipinski definition) is 5. The zero-order chi connectivity index (χ0) is 26.6. The van der Waals surface area contributed by atoms with Gasteiger partial charge in [0, 0.05) is 43.1 Å². The number of aryl methyl sites for hydroxylation is 1. The molecular formula is C28H38ClN3O5. The third-order valence-corrected chi connectivity index (χ3v) is 8.39. The highest BCUT2D eigenvalue weighted by Gasteiger charge is 2.44. The minimum atomic E-state index is -1.33. The van der Waals surface area contributed by atoms with E-state index in [1.54, 1.807) is 6.07 Å². The molecule has 1 aromatic heterocycles. The van der Waals surface area contributed by atoms with Crippen molar-refractivity contribution in [2.24, 2.45) is 11.8 Å². The smallest absolute Gasteiger partial charge is 0.404 e. The molecule has 2 fully saturated rings. The summed E-state index contributed by atoms with van der Waals surface area (Å²) in [5.41, 5.74) is -0.0365. The van der Waals surface area contributed by atoms with Crippen molar-refractivity contribution in [1.29, 1.82) is 0 Å². The molecule has 37 heavy (non-hydrogen) atoms. The molecule has 2 amide bonds. The van der Waals surface area contributed by atoms with E-state index in [2.05, 4.69) is 10.6 Å². The topological polar surface area (TPSA) is 115 Å². The average molecular weight is 532 g/mol. The molecule has 4 atom stereocenters. The monoisotopic (exact) mass is 531 g/mol. The summed E-state index contributed by atoms with van der Waals surface area (Å²) >= 11 is 6.68. The summed E-state index contributed by atoms with van der Waals surface area (Å²) in [4.78, 5) is 26.4. The Kier molecular flexibility index (Phi) is 8.82. The summed E-state index contributed by atoms with van der Waals surface area (Å²) in [5, 5.41) is 27.7. The van der Waals surface area contributed by atoms with Crippen molar-refractivity contribution in [3.05, 3.63) is 46.7 Å². The van der Waals surface area contributed by atoms with Crippen molar-refractivity contribution in [3.8, 4) is 11.3 Å². The average Bonchev–Trinajstić information content (AvgIpc) is 3.55. The number of furan rings is 1. The first-order valence-electron chi connectivity index (χ1n) is 13.2. The first-order chi connectivity index (χ1) is 17.7. The van der Waals surface area contributed by atoms with Crippen LogP contribution in [0.4, 0.5) is 4.79 Å². The number of nitrogens with one attached hydrogen (secondary N) is 2. The molecule has 2 heterocycles. The maximum atomic E-state index is 13.5. The summed E-state index contributed by atoms with van der Waals surface area (Å²) in [7, 11) is 1.94. The first-order valence-corrected chi connectivity index (χ1v) is 13.6. The number of likely N-dealkylation sites (tertiary alicyclic amines) is 1. The van der Waals surface area contributed by atoms with E-state index in [-0.39, 0.29) is 24.3 Å². The molecule has 2 aromatic rings. The number of halogens is 1. The zero-order valence-corrected chi connectivity index (χ0v) is 22.4. The standard InChI is InChI=1S/C28H38ClN3O5/c1-18-9-12-24(37-18)25-22(7-3-8-23(25)29)28(36,13-5-14-31-27(34)35)20-6-4-15-32(17-20)26(33)19-10-11-21(16-19)30-2/h3,7-9,12,19-21,30-31,36H,4-6,10-11,13-17H2,1-2H3,(H,34,35). The van der Waals surface area contributed by atoms with Gasteiger partial charge in [0.25, 0.3) is 0 Å². The van der Waals surface area contributed by atoms with E-state index in [4.69, 9.17) is 21.1 Å². The van der Waals surface area contributed by atoms with Gasteiger partial charge in [-0.2, -0.15) is 0 Å². The van der Waals surface area contributed by atoms with Crippen molar-refractivity contribution >= 4 is 23.6 Å². The first kappa shape index (κ1) is 27.5. The number of carbonyl (C=O) groups excluding carboxylic acids is 1. The van der Waals surface area contributed by atoms with Gasteiger partial charge in [0.15, 0.2) is 0 Å². The Morgan fingerprint density at radius 2 is 2.03 bits per heavy atom. The van der Waals surface area contributed by atoms with Crippen LogP contribution in [0.1, 0.15) is 56.3 Å². The highest BCUT2D eigenvalue weighted by molar-refractivity contribution is 6.33. The molecule has 4 N–H and O–H groups in total. The molecule has 1 saturated heterocycles. The molecule has 4 unspecified atom stereocenters. The number of aliphatic hydroxyl groups is 1. The predicted molar refractivity (Wildman–Crippen MR) is 143 cm³/mol. The van der Waals surface area contributed by atoms with Crippen LogP contribution in [0.2, 0.25) is 5.02 Å². The summed E-state index contributed by atoms with van der Waals surface area (Å²) in [5.74, 6) is 1.26. The lowest BCUT2D eigenvalue weighted by Crippen LogP contribution is -2.49. The van der Waals surface area contributed by atoms with Crippen LogP contribution in [-0.2, 0) is 10.4 Å². The minimum Gasteiger partial charge on any atom is -0.465 e. The molecule has 2 aliphatic rings. The van der Waals surface area contributed by atoms with Gasteiger partial charge in [-0.05, 0) is 82.7 Å². The van der Waals surface area contributed by atoms with Gasteiger partial charge in [-0.15, -0.1) is 0 Å². The van der Waals surface area contributed by atoms with Crippen LogP contribution in [0.25, 0.3) is 11.3 Å². The van der Waals surface area contributed by atoms with Crippen molar-refractivity contribution in [2.75, 3.05) is 26.7 Å². The van der Waals surface area contributed by atoms with Crippen molar-refractivity contribution in [3.63, 3.8) is 0 Å². The van der Waals surface area contributed by atoms with E-state index in [1.807, 2.05) is 43.1 Å². The van der Waals surface area contributed by atoms with Crippen LogP contribution in [0.15, 0.2) is 34.7 Å². The van der Waals surface area contributed by atoms with Gasteiger partial charge in [-0.3, -0.25) is 4.79 Å². The Bertz CT molecular complexity index is 1110. The number of carboxylic acid groups (broad SMARTS) is 1. The lowest BCUT2D eigenvalue weighted by molar-refractivity contribution is -0.140. The largest absolute Gasteiger partial charge is 0.465 e. The van der Waals surface area contributed by atoms with Crippen LogP contribution in [-0.4, -0.2) is 59.8 Å². The highest BCUT2D eigenvalue weighted by atomic mass is 35.5. The third-order valence-electron chi connectivity index (χ3n) is 8.08. The van der Waals surface area contributed by atoms with E-state index in [0.717, 1.165) is 37.9 Å². The second kappa shape index (κ2) is 11.9. The van der Waals surface area contributed by atoms with Crippen molar-refractivity contribution in [2.45, 2.75) is 63.5 Å². The number of hydrogen-bond donors (Lipinski definition) is 4. The van der Waals surface area contributed by atoms with Gasteiger partial charge in [0.1, 0.15) is 11.5 Å². The maximum Gasteiger partial charge on any atom is 0.404 e. The summed E-state index contributed by atoms with van der Waals surface area (Å²) in [6.45, 7) is 3.21. The Hall–Kier alpha value is -2.55. The van der Waals surface area contributed by atoms with Gasteiger partial charge < -0.3 is 30.2 Å². The van der Waals surface area contributed by atoms with E-state index >= 15 is 0 Å². The fourth-order valence-electron chi connectivity index (χ4n) is 6.11. The number of piperidine rings is 1. The van der Waals surface area contributed by atoms with Gasteiger partial charge in [0.05, 0.1) is 10.6 Å². The fraction of sp³-hybridized carbons (Fsp3) is 0.571. The molecule has 1 aliphatic heterocycles. The van der Waals surface area contributed by atoms with Gasteiger partial charge in [-0.25, -0.2) is 4.79 Å². The van der Waals surface area contributed by atoms with E-state index in [0.29, 0.717) is 53.9 Å². The van der Waals surface area contributed by atoms with Crippen molar-refractivity contribution < 1.29 is 24.2 Å². The Labute approximate surface area is 223 Å². The van der Waals surface area contributed by atoms with Crippen LogP contribution in [0.5, 0.6) is 0 Å². The number of amides is 2. The second-order valence-electron chi connectivity index (χ2n) is 10.5. The third kappa shape index (κ3) is 6.13. The molecule has 4 rings (SSSR count). The number of rotatable bonds is 9. The molecule has 202 valence electrons. The molecule has 1 aromatic carbocycles. The van der Waals surface area contributed by atoms with E-state index in [9.17, 15) is 14.7 Å². The van der Waals surface area contributed by atoms with E-state index < -0.39 is 11.7 Å². The summed E-state index contributed by atoms with van der Waals surface area (Å²) < 4.78 is 5.92. The predicted octanol–water partition coefficient (Wildman–Crippen LogP) is 4.77. The molecule has 0 bridgehead atoms. The molecular weight excluding hydrogens is 494 g/mol. The minimum absolute atomic E-state index is 0.0110. The lowest BCUT2D eigenvalue weighted by Gasteiger charge is -2.44. The Morgan fingerprint density at radius 1 is 1.22 bits per heavy atom. The second-order valence-corrected chi connectivity index (χ2v) is 10.9. The number of benzene rings is 1. The quantitative estimate of drug-likeness (QED) is 0.346. The van der Waals surface area contributed by atoms with Gasteiger partial charge >= 0.3 is 6.09 Å². The molecule has 0 spiro atoms. The van der Waals surface area contributed by atoms with Crippen LogP contribution in [0, 0.1) is 18.8 Å². The fourth-order valence-corrected chi connectivity index (χ4v) is 6.38. The summed E-state index contributed by atoms with van der Waals surface area (Å²) in [6, 6.07) is 9.55. The van der Waals surface area contributed by atoms with Crippen LogP contribution in [0.3, 0.4) is 0 Å². The van der Waals surface area contributed by atoms with E-state index in [1.165, 1.54) is 0 Å².